The van der Waals surface area contributed by atoms with Crippen molar-refractivity contribution in [3.8, 4) is 5.75 Å². The van der Waals surface area contributed by atoms with E-state index >= 15 is 0 Å². The summed E-state index contributed by atoms with van der Waals surface area (Å²) >= 11 is 6.04. The van der Waals surface area contributed by atoms with E-state index in [0.717, 1.165) is 0 Å². The molecule has 0 aliphatic carbocycles. The summed E-state index contributed by atoms with van der Waals surface area (Å²) in [6.45, 7) is 3.22. The number of sulfonamides is 1. The number of nitrogens with one attached hydrogen (secondary N) is 1. The molecule has 0 bridgehead atoms. The molecule has 0 radical (unpaired) electrons. The second-order valence-corrected chi connectivity index (χ2v) is 9.00. The second kappa shape index (κ2) is 8.93. The average Bonchev–Trinajstić information content (AvgIpc) is 2.74. The number of hydrogen-bond donors (Lipinski definition) is 1. The molecule has 30 heavy (non-hydrogen) atoms. The van der Waals surface area contributed by atoms with E-state index in [1.807, 2.05) is 0 Å². The predicted octanol–water partition coefficient (Wildman–Crippen LogP) is 3.07. The summed E-state index contributed by atoms with van der Waals surface area (Å²) in [6.07, 6.45) is -1.08. The zero-order valence-electron chi connectivity index (χ0n) is 16.4. The first-order valence-electron chi connectivity index (χ1n) is 9.30. The van der Waals surface area contributed by atoms with Gasteiger partial charge in [0.2, 0.25) is 10.0 Å². The highest BCUT2D eigenvalue weighted by molar-refractivity contribution is 7.92. The van der Waals surface area contributed by atoms with E-state index in [2.05, 4.69) is 5.32 Å². The van der Waals surface area contributed by atoms with Crippen molar-refractivity contribution >= 4 is 44.9 Å². The van der Waals surface area contributed by atoms with Gasteiger partial charge >= 0.3 is 5.97 Å². The quantitative estimate of drug-likeness (QED) is 0.676. The van der Waals surface area contributed by atoms with E-state index in [0.29, 0.717) is 17.1 Å². The molecule has 8 nitrogen and oxygen atoms in total. The Labute approximate surface area is 179 Å². The van der Waals surface area contributed by atoms with Crippen LogP contribution in [0.1, 0.15) is 24.2 Å². The number of benzene rings is 2. The van der Waals surface area contributed by atoms with Gasteiger partial charge in [0.1, 0.15) is 5.75 Å². The number of halogens is 1. The standard InChI is InChI=1S/C20H21ClN2O6S/c1-3-28-20(25)14-11-13(9-10-15(14)21)22-19(24)18-12-23(30(26,27)4-2)16-7-5-6-8-17(16)29-18/h5-11,18H,3-4,12H2,1-2H3,(H,22,24)/t18-/m0/s1. The molecule has 10 heteroatoms. The molecule has 2 aromatic rings. The van der Waals surface area contributed by atoms with Gasteiger partial charge in [-0.15, -0.1) is 0 Å². The maximum Gasteiger partial charge on any atom is 0.339 e. The van der Waals surface area contributed by atoms with Crippen LogP contribution in [0, 0.1) is 0 Å². The molecular weight excluding hydrogens is 432 g/mol. The van der Waals surface area contributed by atoms with Crippen molar-refractivity contribution in [1.82, 2.24) is 0 Å². The van der Waals surface area contributed by atoms with E-state index in [9.17, 15) is 18.0 Å². The summed E-state index contributed by atoms with van der Waals surface area (Å²) in [5, 5.41) is 2.83. The number of esters is 1. The fourth-order valence-electron chi connectivity index (χ4n) is 2.95. The molecule has 1 N–H and O–H groups in total. The van der Waals surface area contributed by atoms with Crippen LogP contribution in [-0.2, 0) is 19.6 Å². The molecule has 160 valence electrons. The minimum Gasteiger partial charge on any atom is -0.476 e. The highest BCUT2D eigenvalue weighted by Gasteiger charge is 2.36. The van der Waals surface area contributed by atoms with Gasteiger partial charge in [0.05, 0.1) is 35.2 Å². The number of amides is 1. The van der Waals surface area contributed by atoms with Crippen LogP contribution in [0.15, 0.2) is 42.5 Å². The van der Waals surface area contributed by atoms with Gasteiger partial charge in [-0.25, -0.2) is 13.2 Å². The molecule has 2 aromatic carbocycles. The molecule has 1 aliphatic rings. The third-order valence-electron chi connectivity index (χ3n) is 4.46. The van der Waals surface area contributed by atoms with Crippen LogP contribution >= 0.6 is 11.6 Å². The van der Waals surface area contributed by atoms with Crippen LogP contribution in [0.25, 0.3) is 0 Å². The fourth-order valence-corrected chi connectivity index (χ4v) is 4.27. The summed E-state index contributed by atoms with van der Waals surface area (Å²) in [7, 11) is -3.61. The number of fused-ring (bicyclic) bond motifs is 1. The number of para-hydroxylation sites is 2. The highest BCUT2D eigenvalue weighted by Crippen LogP contribution is 2.35. The lowest BCUT2D eigenvalue weighted by molar-refractivity contribution is -0.122. The van der Waals surface area contributed by atoms with Gasteiger partial charge in [-0.3, -0.25) is 9.10 Å². The predicted molar refractivity (Wildman–Crippen MR) is 114 cm³/mol. The molecule has 0 saturated heterocycles. The van der Waals surface area contributed by atoms with Gasteiger partial charge in [0.25, 0.3) is 5.91 Å². The molecule has 0 unspecified atom stereocenters. The number of anilines is 2. The van der Waals surface area contributed by atoms with Gasteiger partial charge in [-0.05, 0) is 44.2 Å². The van der Waals surface area contributed by atoms with E-state index in [1.165, 1.54) is 29.4 Å². The summed E-state index contributed by atoms with van der Waals surface area (Å²) in [5.74, 6) is -0.987. The monoisotopic (exact) mass is 452 g/mol. The van der Waals surface area contributed by atoms with E-state index in [1.54, 1.807) is 31.2 Å². The maximum atomic E-state index is 12.8. The molecule has 3 rings (SSSR count). The zero-order valence-corrected chi connectivity index (χ0v) is 18.0. The molecule has 0 aromatic heterocycles. The van der Waals surface area contributed by atoms with Gasteiger partial charge in [0.15, 0.2) is 6.10 Å². The van der Waals surface area contributed by atoms with Crippen LogP contribution in [0.2, 0.25) is 5.02 Å². The van der Waals surface area contributed by atoms with Crippen LogP contribution in [0.4, 0.5) is 11.4 Å². The Bertz CT molecular complexity index is 1070. The second-order valence-electron chi connectivity index (χ2n) is 6.41. The topological polar surface area (TPSA) is 102 Å². The summed E-state index contributed by atoms with van der Waals surface area (Å²) < 4.78 is 36.9. The van der Waals surface area contributed by atoms with E-state index in [4.69, 9.17) is 21.1 Å². The fraction of sp³-hybridized carbons (Fsp3) is 0.300. The van der Waals surface area contributed by atoms with Gasteiger partial charge in [-0.2, -0.15) is 0 Å². The summed E-state index contributed by atoms with van der Waals surface area (Å²) in [4.78, 5) is 24.8. The molecule has 1 atom stereocenters. The largest absolute Gasteiger partial charge is 0.476 e. The van der Waals surface area contributed by atoms with Gasteiger partial charge in [-0.1, -0.05) is 23.7 Å². The smallest absolute Gasteiger partial charge is 0.339 e. The minimum absolute atomic E-state index is 0.112. The molecule has 0 fully saturated rings. The summed E-state index contributed by atoms with van der Waals surface area (Å²) in [5.41, 5.74) is 0.806. The van der Waals surface area contributed by atoms with Crippen molar-refractivity contribution in [3.63, 3.8) is 0 Å². The first kappa shape index (κ1) is 21.9. The Morgan fingerprint density at radius 3 is 2.67 bits per heavy atom. The van der Waals surface area contributed by atoms with Crippen LogP contribution in [-0.4, -0.2) is 45.3 Å². The third-order valence-corrected chi connectivity index (χ3v) is 6.53. The molecular formula is C20H21ClN2O6S. The normalized spacial score (nSPS) is 15.7. The first-order valence-corrected chi connectivity index (χ1v) is 11.3. The number of hydrogen-bond acceptors (Lipinski definition) is 6. The van der Waals surface area contributed by atoms with Crippen molar-refractivity contribution in [2.45, 2.75) is 20.0 Å². The van der Waals surface area contributed by atoms with Gasteiger partial charge in [0, 0.05) is 5.69 Å². The van der Waals surface area contributed by atoms with Crippen molar-refractivity contribution in [2.24, 2.45) is 0 Å². The number of rotatable bonds is 6. The van der Waals surface area contributed by atoms with Crippen molar-refractivity contribution in [1.29, 1.82) is 0 Å². The molecule has 1 aliphatic heterocycles. The van der Waals surface area contributed by atoms with E-state index < -0.39 is 28.0 Å². The van der Waals surface area contributed by atoms with Crippen molar-refractivity contribution in [2.75, 3.05) is 28.5 Å². The first-order chi connectivity index (χ1) is 14.3. The van der Waals surface area contributed by atoms with Gasteiger partial charge < -0.3 is 14.8 Å². The Balaban J connectivity index is 1.84. The van der Waals surface area contributed by atoms with Crippen molar-refractivity contribution < 1.29 is 27.5 Å². The SMILES string of the molecule is CCOC(=O)c1cc(NC(=O)[C@@H]2CN(S(=O)(=O)CC)c3ccccc3O2)ccc1Cl. The highest BCUT2D eigenvalue weighted by atomic mass is 35.5. The van der Waals surface area contributed by atoms with Crippen molar-refractivity contribution in [3.05, 3.63) is 53.1 Å². The van der Waals surface area contributed by atoms with Crippen LogP contribution < -0.4 is 14.4 Å². The lowest BCUT2D eigenvalue weighted by atomic mass is 10.2. The number of ether oxygens (including phenoxy) is 2. The minimum atomic E-state index is -3.61. The van der Waals surface area contributed by atoms with Crippen LogP contribution in [0.3, 0.4) is 0 Å². The average molecular weight is 453 g/mol. The number of carbonyl (C=O) groups is 2. The molecule has 0 spiro atoms. The third kappa shape index (κ3) is 4.52. The van der Waals surface area contributed by atoms with E-state index in [-0.39, 0.29) is 29.5 Å². The Morgan fingerprint density at radius 1 is 1.23 bits per heavy atom. The lowest BCUT2D eigenvalue weighted by Gasteiger charge is -2.34. The van der Waals surface area contributed by atoms with Crippen LogP contribution in [0.5, 0.6) is 5.75 Å². The molecule has 0 saturated carbocycles. The summed E-state index contributed by atoms with van der Waals surface area (Å²) in [6, 6.07) is 11.0. The number of nitrogens with zero attached hydrogens (tertiary/aromatic N) is 1. The maximum absolute atomic E-state index is 12.8. The molecule has 1 heterocycles. The lowest BCUT2D eigenvalue weighted by Crippen LogP contribution is -2.49. The number of carbonyl (C=O) groups excluding carboxylic acids is 2. The molecule has 1 amide bonds. The Hall–Kier alpha value is -2.78. The Kier molecular flexibility index (Phi) is 6.52. The zero-order chi connectivity index (χ0) is 21.9. The Morgan fingerprint density at radius 2 is 1.97 bits per heavy atom.